The van der Waals surface area contributed by atoms with Gasteiger partial charge >= 0.3 is 0 Å². The van der Waals surface area contributed by atoms with E-state index >= 15 is 0 Å². The number of halogens is 6. The summed E-state index contributed by atoms with van der Waals surface area (Å²) >= 11 is 28.8. The Morgan fingerprint density at radius 1 is 0.415 bits per heavy atom. The van der Waals surface area contributed by atoms with Gasteiger partial charge in [0.2, 0.25) is 0 Å². The molecule has 10 heteroatoms. The Kier molecular flexibility index (Phi) is 9.40. The maximum atomic E-state index is 9.67. The van der Waals surface area contributed by atoms with Crippen LogP contribution in [-0.2, 0) is 5.41 Å². The molecule has 41 heavy (non-hydrogen) atoms. The molecule has 0 aromatic heterocycles. The van der Waals surface area contributed by atoms with Gasteiger partial charge in [-0.3, -0.25) is 0 Å². The van der Waals surface area contributed by atoms with Crippen molar-refractivity contribution in [2.24, 2.45) is 0 Å². The quantitative estimate of drug-likeness (QED) is 0.152. The lowest BCUT2D eigenvalue weighted by Crippen LogP contribution is -2.26. The summed E-state index contributed by atoms with van der Waals surface area (Å²) in [7, 11) is 0. The lowest BCUT2D eigenvalue weighted by Gasteiger charge is -2.30. The van der Waals surface area contributed by atoms with Crippen molar-refractivity contribution in [2.45, 2.75) is 14.0 Å². The van der Waals surface area contributed by atoms with Gasteiger partial charge in [-0.25, -0.2) is 0 Å². The summed E-state index contributed by atoms with van der Waals surface area (Å²) in [6.07, 6.45) is 0. The minimum Gasteiger partial charge on any atom is -0.192 e. The summed E-state index contributed by atoms with van der Waals surface area (Å²) in [6, 6.07) is 31.6. The van der Waals surface area contributed by atoms with Crippen LogP contribution < -0.4 is 0 Å². The van der Waals surface area contributed by atoms with Crippen LogP contribution in [0.2, 0.25) is 0 Å². The smallest absolute Gasteiger partial charge is 0.180 e. The van der Waals surface area contributed by atoms with E-state index in [4.69, 9.17) is 69.6 Å². The van der Waals surface area contributed by atoms with Crippen molar-refractivity contribution in [2.75, 3.05) is 0 Å². The molecule has 2 aliphatic rings. The molecular weight excluding hydrogens is 641 g/mol. The van der Waals surface area contributed by atoms with Gasteiger partial charge in [0.1, 0.15) is 0 Å². The molecule has 4 aromatic rings. The fourth-order valence-corrected chi connectivity index (χ4v) is 5.51. The highest BCUT2D eigenvalue weighted by Crippen LogP contribution is 2.63. The van der Waals surface area contributed by atoms with E-state index in [1.807, 2.05) is 48.5 Å². The second kappa shape index (κ2) is 12.6. The van der Waals surface area contributed by atoms with Crippen LogP contribution in [0.15, 0.2) is 72.8 Å². The van der Waals surface area contributed by atoms with E-state index in [9.17, 15) is 21.0 Å². The molecule has 0 aliphatic heterocycles. The van der Waals surface area contributed by atoms with Gasteiger partial charge in [0.15, 0.2) is 8.59 Å². The minimum atomic E-state index is -0.825. The van der Waals surface area contributed by atoms with Gasteiger partial charge in [-0.05, 0) is 93.0 Å². The molecule has 0 saturated carbocycles. The number of fused-ring (bicyclic) bond motifs is 10. The highest BCUT2D eigenvalue weighted by atomic mass is 35.6. The second-order valence-electron chi connectivity index (χ2n) is 8.73. The SMILES string of the molecule is ClC(Cl)Cl.ClC(Cl)Cl.N#Cc1ccc2c(c1)C1(c3cc(C#N)ccc3-2)c2cc(C#N)ccc2-c2ccc(C#N)cc21. The topological polar surface area (TPSA) is 95.2 Å². The van der Waals surface area contributed by atoms with Gasteiger partial charge in [0.05, 0.1) is 51.9 Å². The third-order valence-electron chi connectivity index (χ3n) is 6.79. The van der Waals surface area contributed by atoms with Crippen LogP contribution in [0.25, 0.3) is 22.3 Å². The Morgan fingerprint density at radius 2 is 0.610 bits per heavy atom. The van der Waals surface area contributed by atoms with Gasteiger partial charge in [-0.1, -0.05) is 93.9 Å². The Labute approximate surface area is 267 Å². The third kappa shape index (κ3) is 5.57. The van der Waals surface area contributed by atoms with Gasteiger partial charge in [-0.2, -0.15) is 21.0 Å². The molecule has 2 aliphatic carbocycles. The predicted molar refractivity (Wildman–Crippen MR) is 164 cm³/mol. The van der Waals surface area contributed by atoms with Crippen LogP contribution in [0.4, 0.5) is 0 Å². The van der Waals surface area contributed by atoms with Crippen LogP contribution in [0, 0.1) is 45.3 Å². The zero-order valence-electron chi connectivity index (χ0n) is 20.6. The van der Waals surface area contributed by atoms with Crippen molar-refractivity contribution >= 4 is 69.6 Å². The molecule has 0 fully saturated rings. The standard InChI is InChI=1S/C29H12N4.2CHCl3/c30-13-17-1-5-21-22-6-2-18(14-31)10-26(22)29(25(21)9-17)27-11-19(15-32)3-7-23(27)24-8-4-20(16-33)12-28(24)29;2*2-1(3)4/h1-12H;2*1H. The molecule has 6 rings (SSSR count). The van der Waals surface area contributed by atoms with E-state index in [1.165, 1.54) is 0 Å². The first-order chi connectivity index (χ1) is 19.6. The van der Waals surface area contributed by atoms with Crippen LogP contribution in [0.5, 0.6) is 0 Å². The molecule has 1 spiro atoms. The number of nitriles is 4. The lowest BCUT2D eigenvalue weighted by atomic mass is 9.69. The van der Waals surface area contributed by atoms with Crippen LogP contribution >= 0.6 is 69.6 Å². The minimum absolute atomic E-state index is 0.532. The number of alkyl halides is 6. The Bertz CT molecular complexity index is 1570. The summed E-state index contributed by atoms with van der Waals surface area (Å²) in [5.41, 5.74) is 8.95. The average molecular weight is 655 g/mol. The third-order valence-corrected chi connectivity index (χ3v) is 6.79. The fraction of sp³-hybridized carbons (Fsp3) is 0.0968. The molecule has 4 aromatic carbocycles. The van der Waals surface area contributed by atoms with E-state index in [1.54, 1.807) is 24.3 Å². The van der Waals surface area contributed by atoms with Crippen molar-refractivity contribution in [1.29, 1.82) is 21.0 Å². The summed E-state index contributed by atoms with van der Waals surface area (Å²) in [4.78, 5) is 0. The number of nitrogens with zero attached hydrogens (tertiary/aromatic N) is 4. The first-order valence-electron chi connectivity index (χ1n) is 11.7. The first-order valence-corrected chi connectivity index (χ1v) is 14.3. The number of hydrogen-bond acceptors (Lipinski definition) is 4. The fourth-order valence-electron chi connectivity index (χ4n) is 5.51. The van der Waals surface area contributed by atoms with E-state index in [2.05, 4.69) is 24.3 Å². The Balaban J connectivity index is 0.000000432. The van der Waals surface area contributed by atoms with E-state index in [-0.39, 0.29) is 0 Å². The van der Waals surface area contributed by atoms with Gasteiger partial charge < -0.3 is 0 Å². The largest absolute Gasteiger partial charge is 0.192 e. The molecule has 0 unspecified atom stereocenters. The average Bonchev–Trinajstić information content (AvgIpc) is 3.41. The zero-order valence-corrected chi connectivity index (χ0v) is 25.2. The van der Waals surface area contributed by atoms with E-state index in [0.29, 0.717) is 22.3 Å². The van der Waals surface area contributed by atoms with Crippen molar-refractivity contribution < 1.29 is 0 Å². The molecule has 0 N–H and O–H groups in total. The summed E-state index contributed by atoms with van der Waals surface area (Å²) in [5.74, 6) is 0. The molecule has 0 atom stereocenters. The molecule has 0 heterocycles. The monoisotopic (exact) mass is 652 g/mol. The molecular formula is C31H14Cl6N4. The van der Waals surface area contributed by atoms with Crippen LogP contribution in [0.1, 0.15) is 44.5 Å². The van der Waals surface area contributed by atoms with Crippen molar-refractivity contribution in [3.05, 3.63) is 117 Å². The number of benzene rings is 4. The number of rotatable bonds is 0. The van der Waals surface area contributed by atoms with Crippen molar-refractivity contribution in [1.82, 2.24) is 0 Å². The van der Waals surface area contributed by atoms with E-state index < -0.39 is 14.0 Å². The Morgan fingerprint density at radius 3 is 0.780 bits per heavy atom. The van der Waals surface area contributed by atoms with Crippen molar-refractivity contribution in [3.8, 4) is 46.5 Å². The predicted octanol–water partition coefficient (Wildman–Crippen LogP) is 9.49. The summed E-state index contributed by atoms with van der Waals surface area (Å²) in [5, 5.41) is 38.7. The molecule has 200 valence electrons. The van der Waals surface area contributed by atoms with Crippen LogP contribution in [-0.4, -0.2) is 8.59 Å². The molecule has 4 nitrogen and oxygen atoms in total. The van der Waals surface area contributed by atoms with Gasteiger partial charge in [0.25, 0.3) is 0 Å². The molecule has 0 saturated heterocycles. The van der Waals surface area contributed by atoms with E-state index in [0.717, 1.165) is 44.5 Å². The maximum Gasteiger partial charge on any atom is 0.180 e. The normalized spacial score (nSPS) is 12.2. The van der Waals surface area contributed by atoms with Gasteiger partial charge in [0, 0.05) is 0 Å². The van der Waals surface area contributed by atoms with Crippen LogP contribution in [0.3, 0.4) is 0 Å². The lowest BCUT2D eigenvalue weighted by molar-refractivity contribution is 0.792. The summed E-state index contributed by atoms with van der Waals surface area (Å²) < 4.78 is -1.50. The van der Waals surface area contributed by atoms with Gasteiger partial charge in [-0.15, -0.1) is 0 Å². The maximum absolute atomic E-state index is 9.67. The highest BCUT2D eigenvalue weighted by Gasteiger charge is 2.52. The Hall–Kier alpha value is -3.42. The van der Waals surface area contributed by atoms with Crippen molar-refractivity contribution in [3.63, 3.8) is 0 Å². The summed E-state index contributed by atoms with van der Waals surface area (Å²) in [6.45, 7) is 0. The molecule has 0 radical (unpaired) electrons. The zero-order chi connectivity index (χ0) is 29.9. The first kappa shape index (κ1) is 30.5. The second-order valence-corrected chi connectivity index (χ2v) is 12.7. The highest BCUT2D eigenvalue weighted by molar-refractivity contribution is 6.63. The number of hydrogen-bond donors (Lipinski definition) is 0. The molecule has 0 amide bonds. The molecule has 0 bridgehead atoms.